The van der Waals surface area contributed by atoms with Crippen LogP contribution < -0.4 is 10.1 Å². The first-order chi connectivity index (χ1) is 9.10. The zero-order chi connectivity index (χ0) is 13.8. The molecule has 100 valence electrons. The summed E-state index contributed by atoms with van der Waals surface area (Å²) in [6.45, 7) is 2.30. The molecule has 0 fully saturated rings. The van der Waals surface area contributed by atoms with Gasteiger partial charge in [0.05, 0.1) is 24.2 Å². The first kappa shape index (κ1) is 13.4. The minimum Gasteiger partial charge on any atom is -0.507 e. The molecule has 0 aliphatic heterocycles. The molecule has 2 N–H and O–H groups in total. The summed E-state index contributed by atoms with van der Waals surface area (Å²) < 4.78 is 5.03. The fourth-order valence-corrected chi connectivity index (χ4v) is 2.31. The molecule has 0 atom stereocenters. The average Bonchev–Trinajstić information content (AvgIpc) is 2.82. The fraction of sp³-hybridized carbons (Fsp3) is 0.231. The van der Waals surface area contributed by atoms with Crippen molar-refractivity contribution in [2.75, 3.05) is 7.11 Å². The normalized spacial score (nSPS) is 10.2. The van der Waals surface area contributed by atoms with Gasteiger partial charge in [-0.05, 0) is 25.1 Å². The lowest BCUT2D eigenvalue weighted by molar-refractivity contribution is 0.0948. The van der Waals surface area contributed by atoms with Crippen molar-refractivity contribution in [1.29, 1.82) is 0 Å². The predicted octanol–water partition coefficient (Wildman–Crippen LogP) is 2.10. The molecule has 6 heteroatoms. The number of ether oxygens (including phenoxy) is 1. The molecule has 19 heavy (non-hydrogen) atoms. The maximum atomic E-state index is 12.0. The van der Waals surface area contributed by atoms with Crippen LogP contribution in [0.2, 0.25) is 0 Å². The number of phenols is 1. The van der Waals surface area contributed by atoms with Crippen molar-refractivity contribution in [3.8, 4) is 11.5 Å². The van der Waals surface area contributed by atoms with Gasteiger partial charge in [-0.2, -0.15) is 0 Å². The Morgan fingerprint density at radius 2 is 2.32 bits per heavy atom. The lowest BCUT2D eigenvalue weighted by Crippen LogP contribution is -2.22. The van der Waals surface area contributed by atoms with E-state index in [2.05, 4.69) is 10.3 Å². The molecule has 5 nitrogen and oxygen atoms in total. The number of aromatic hydroxyl groups is 1. The van der Waals surface area contributed by atoms with Crippen molar-refractivity contribution in [3.63, 3.8) is 0 Å². The molecule has 1 aromatic heterocycles. The second kappa shape index (κ2) is 5.71. The van der Waals surface area contributed by atoms with Crippen LogP contribution in [0.3, 0.4) is 0 Å². The summed E-state index contributed by atoms with van der Waals surface area (Å²) in [5.74, 6) is 0.109. The molecule has 0 spiro atoms. The van der Waals surface area contributed by atoms with Crippen LogP contribution in [-0.2, 0) is 6.54 Å². The number of thiazole rings is 1. The van der Waals surface area contributed by atoms with E-state index in [0.717, 1.165) is 9.88 Å². The van der Waals surface area contributed by atoms with Crippen LogP contribution in [0.4, 0.5) is 0 Å². The van der Waals surface area contributed by atoms with Crippen LogP contribution >= 0.6 is 11.3 Å². The number of rotatable bonds is 4. The third kappa shape index (κ3) is 3.23. The number of nitrogens with one attached hydrogen (secondary N) is 1. The summed E-state index contributed by atoms with van der Waals surface area (Å²) in [4.78, 5) is 17.0. The van der Waals surface area contributed by atoms with Gasteiger partial charge in [-0.15, -0.1) is 11.3 Å². The lowest BCUT2D eigenvalue weighted by Gasteiger charge is -2.07. The Morgan fingerprint density at radius 1 is 1.53 bits per heavy atom. The number of carbonyl (C=O) groups excluding carboxylic acids is 1. The smallest absolute Gasteiger partial charge is 0.255 e. The second-order valence-electron chi connectivity index (χ2n) is 3.91. The second-order valence-corrected chi connectivity index (χ2v) is 5.23. The maximum Gasteiger partial charge on any atom is 0.255 e. The predicted molar refractivity (Wildman–Crippen MR) is 72.7 cm³/mol. The number of carbonyl (C=O) groups is 1. The van der Waals surface area contributed by atoms with Crippen LogP contribution in [0.5, 0.6) is 11.5 Å². The van der Waals surface area contributed by atoms with Gasteiger partial charge < -0.3 is 15.2 Å². The van der Waals surface area contributed by atoms with E-state index in [4.69, 9.17) is 4.74 Å². The minimum atomic E-state index is -0.345. The van der Waals surface area contributed by atoms with Gasteiger partial charge >= 0.3 is 0 Å². The Labute approximate surface area is 114 Å². The van der Waals surface area contributed by atoms with E-state index in [-0.39, 0.29) is 17.2 Å². The number of aromatic nitrogens is 1. The summed E-state index contributed by atoms with van der Waals surface area (Å²) in [5.41, 5.74) is 0.195. The highest BCUT2D eigenvalue weighted by atomic mass is 32.1. The highest BCUT2D eigenvalue weighted by Gasteiger charge is 2.12. The van der Waals surface area contributed by atoms with E-state index in [0.29, 0.717) is 12.3 Å². The molecular weight excluding hydrogens is 264 g/mol. The summed E-state index contributed by atoms with van der Waals surface area (Å²) in [7, 11) is 1.51. The topological polar surface area (TPSA) is 71.5 Å². The molecule has 2 rings (SSSR count). The van der Waals surface area contributed by atoms with Gasteiger partial charge in [-0.1, -0.05) is 0 Å². The summed E-state index contributed by atoms with van der Waals surface area (Å²) in [6.07, 6.45) is 1.73. The van der Waals surface area contributed by atoms with Crippen LogP contribution in [0, 0.1) is 6.92 Å². The van der Waals surface area contributed by atoms with Crippen molar-refractivity contribution in [2.24, 2.45) is 0 Å². The number of methoxy groups -OCH3 is 1. The highest BCUT2D eigenvalue weighted by molar-refractivity contribution is 7.11. The molecular formula is C13H14N2O3S. The summed E-state index contributed by atoms with van der Waals surface area (Å²) >= 11 is 1.52. The SMILES string of the molecule is COc1ccc(O)c(C(=O)NCc2cnc(C)s2)c1. The zero-order valence-corrected chi connectivity index (χ0v) is 11.5. The van der Waals surface area contributed by atoms with Gasteiger partial charge in [0.2, 0.25) is 0 Å². The van der Waals surface area contributed by atoms with E-state index >= 15 is 0 Å². The Kier molecular flexibility index (Phi) is 4.01. The molecule has 1 heterocycles. The average molecular weight is 278 g/mol. The Hall–Kier alpha value is -2.08. The quantitative estimate of drug-likeness (QED) is 0.898. The standard InChI is InChI=1S/C13H14N2O3S/c1-8-14-6-10(19-8)7-15-13(17)11-5-9(18-2)3-4-12(11)16/h3-6,16H,7H2,1-2H3,(H,15,17). The summed E-state index contributed by atoms with van der Waals surface area (Å²) in [6, 6.07) is 4.53. The molecule has 0 aliphatic carbocycles. The lowest BCUT2D eigenvalue weighted by atomic mass is 10.1. The number of nitrogens with zero attached hydrogens (tertiary/aromatic N) is 1. The van der Waals surface area contributed by atoms with Crippen molar-refractivity contribution in [3.05, 3.63) is 39.8 Å². The van der Waals surface area contributed by atoms with Crippen molar-refractivity contribution >= 4 is 17.2 Å². The molecule has 0 aliphatic rings. The summed E-state index contributed by atoms with van der Waals surface area (Å²) in [5, 5.41) is 13.4. The first-order valence-corrected chi connectivity index (χ1v) is 6.48. The number of amides is 1. The molecule has 0 unspecified atom stereocenters. The number of aryl methyl sites for hydroxylation is 1. The van der Waals surface area contributed by atoms with E-state index in [1.165, 1.54) is 30.6 Å². The van der Waals surface area contributed by atoms with E-state index in [1.54, 1.807) is 12.3 Å². The van der Waals surface area contributed by atoms with Gasteiger partial charge in [-0.25, -0.2) is 4.98 Å². The highest BCUT2D eigenvalue weighted by Crippen LogP contribution is 2.22. The maximum absolute atomic E-state index is 12.0. The molecule has 0 radical (unpaired) electrons. The van der Waals surface area contributed by atoms with Gasteiger partial charge in [0.1, 0.15) is 11.5 Å². The fourth-order valence-electron chi connectivity index (χ4n) is 1.57. The molecule has 0 saturated heterocycles. The Bertz CT molecular complexity index is 595. The van der Waals surface area contributed by atoms with E-state index < -0.39 is 0 Å². The molecule has 0 saturated carbocycles. The third-order valence-electron chi connectivity index (χ3n) is 2.54. The van der Waals surface area contributed by atoms with Gasteiger partial charge in [0.25, 0.3) is 5.91 Å². The molecule has 0 bridgehead atoms. The van der Waals surface area contributed by atoms with E-state index in [1.807, 2.05) is 6.92 Å². The number of hydrogen-bond donors (Lipinski definition) is 2. The number of hydrogen-bond acceptors (Lipinski definition) is 5. The Morgan fingerprint density at radius 3 is 2.95 bits per heavy atom. The van der Waals surface area contributed by atoms with Crippen LogP contribution in [-0.4, -0.2) is 23.1 Å². The third-order valence-corrected chi connectivity index (χ3v) is 3.45. The van der Waals surface area contributed by atoms with Gasteiger partial charge in [0.15, 0.2) is 0 Å². The van der Waals surface area contributed by atoms with Crippen molar-refractivity contribution < 1.29 is 14.6 Å². The largest absolute Gasteiger partial charge is 0.507 e. The van der Waals surface area contributed by atoms with Crippen LogP contribution in [0.1, 0.15) is 20.2 Å². The number of benzene rings is 1. The minimum absolute atomic E-state index is 0.0706. The van der Waals surface area contributed by atoms with Gasteiger partial charge in [0, 0.05) is 11.1 Å². The number of phenolic OH excluding ortho intramolecular Hbond substituents is 1. The molecule has 1 amide bonds. The van der Waals surface area contributed by atoms with Gasteiger partial charge in [-0.3, -0.25) is 4.79 Å². The van der Waals surface area contributed by atoms with Crippen LogP contribution in [0.25, 0.3) is 0 Å². The molecule has 2 aromatic rings. The molecule has 1 aromatic carbocycles. The van der Waals surface area contributed by atoms with Crippen molar-refractivity contribution in [1.82, 2.24) is 10.3 Å². The monoisotopic (exact) mass is 278 g/mol. The van der Waals surface area contributed by atoms with E-state index in [9.17, 15) is 9.90 Å². The van der Waals surface area contributed by atoms with Crippen LogP contribution in [0.15, 0.2) is 24.4 Å². The first-order valence-electron chi connectivity index (χ1n) is 5.66. The zero-order valence-electron chi connectivity index (χ0n) is 10.6. The van der Waals surface area contributed by atoms with Crippen molar-refractivity contribution in [2.45, 2.75) is 13.5 Å². The Balaban J connectivity index is 2.07.